The fourth-order valence-corrected chi connectivity index (χ4v) is 3.17. The Bertz CT molecular complexity index is 618. The van der Waals surface area contributed by atoms with Gasteiger partial charge in [0.2, 0.25) is 0 Å². The molecular weight excluding hydrogens is 286 g/mol. The van der Waals surface area contributed by atoms with Crippen LogP contribution in [0.25, 0.3) is 0 Å². The second kappa shape index (κ2) is 6.13. The van der Waals surface area contributed by atoms with Crippen LogP contribution in [0.5, 0.6) is 0 Å². The summed E-state index contributed by atoms with van der Waals surface area (Å²) in [5.74, 6) is -1.00. The van der Waals surface area contributed by atoms with E-state index in [0.717, 1.165) is 18.8 Å². The molecule has 3 rings (SSSR count). The van der Waals surface area contributed by atoms with Gasteiger partial charge in [0.15, 0.2) is 10.8 Å². The summed E-state index contributed by atoms with van der Waals surface area (Å²) < 4.78 is 0. The minimum Gasteiger partial charge on any atom is -0.476 e. The Kier molecular flexibility index (Phi) is 4.06. The van der Waals surface area contributed by atoms with E-state index in [1.807, 2.05) is 12.1 Å². The Balaban J connectivity index is 1.67. The lowest BCUT2D eigenvalue weighted by molar-refractivity contribution is 0.0691. The average molecular weight is 303 g/mol. The van der Waals surface area contributed by atoms with Crippen molar-refractivity contribution >= 4 is 33.8 Å². The lowest BCUT2D eigenvalue weighted by Gasteiger charge is -2.28. The predicted octanol–water partition coefficient (Wildman–Crippen LogP) is 3.58. The molecule has 1 aromatic carbocycles. The number of carboxylic acids is 1. The fraction of sp³-hybridized carbons (Fsp3) is 0.333. The maximum Gasteiger partial charge on any atom is 0.355 e. The Morgan fingerprint density at radius 3 is 2.52 bits per heavy atom. The number of anilines is 3. The fourth-order valence-electron chi connectivity index (χ4n) is 2.46. The van der Waals surface area contributed by atoms with E-state index < -0.39 is 5.97 Å². The quantitative estimate of drug-likeness (QED) is 0.904. The van der Waals surface area contributed by atoms with Crippen LogP contribution < -0.4 is 10.2 Å². The van der Waals surface area contributed by atoms with Crippen LogP contribution >= 0.6 is 11.3 Å². The van der Waals surface area contributed by atoms with Gasteiger partial charge in [0.25, 0.3) is 0 Å². The minimum absolute atomic E-state index is 0.0763. The van der Waals surface area contributed by atoms with Gasteiger partial charge < -0.3 is 15.3 Å². The Morgan fingerprint density at radius 2 is 1.90 bits per heavy atom. The van der Waals surface area contributed by atoms with Gasteiger partial charge in [-0.3, -0.25) is 0 Å². The molecule has 2 heterocycles. The van der Waals surface area contributed by atoms with Gasteiger partial charge in [0.1, 0.15) is 0 Å². The number of hydrogen-bond acceptors (Lipinski definition) is 5. The van der Waals surface area contributed by atoms with E-state index in [1.54, 1.807) is 0 Å². The van der Waals surface area contributed by atoms with Crippen molar-refractivity contribution in [2.75, 3.05) is 23.3 Å². The van der Waals surface area contributed by atoms with E-state index in [0.29, 0.717) is 5.13 Å². The van der Waals surface area contributed by atoms with E-state index in [9.17, 15) is 4.79 Å². The minimum atomic E-state index is -1.00. The van der Waals surface area contributed by atoms with Gasteiger partial charge in [-0.15, -0.1) is 11.3 Å². The maximum atomic E-state index is 10.8. The number of carboxylic acid groups (broad SMARTS) is 1. The number of nitrogens with one attached hydrogen (secondary N) is 1. The molecule has 1 aliphatic heterocycles. The third-order valence-corrected chi connectivity index (χ3v) is 4.32. The lowest BCUT2D eigenvalue weighted by Crippen LogP contribution is -2.29. The smallest absolute Gasteiger partial charge is 0.355 e. The number of rotatable bonds is 4. The molecule has 21 heavy (non-hydrogen) atoms. The van der Waals surface area contributed by atoms with Crippen LogP contribution in [0.3, 0.4) is 0 Å². The summed E-state index contributed by atoms with van der Waals surface area (Å²) in [6.07, 6.45) is 3.85. The van der Waals surface area contributed by atoms with Crippen LogP contribution in [0.4, 0.5) is 16.5 Å². The molecule has 1 fully saturated rings. The highest BCUT2D eigenvalue weighted by Gasteiger charge is 2.11. The summed E-state index contributed by atoms with van der Waals surface area (Å²) in [5.41, 5.74) is 2.24. The second-order valence-corrected chi connectivity index (χ2v) is 5.92. The van der Waals surface area contributed by atoms with E-state index in [4.69, 9.17) is 5.11 Å². The SMILES string of the molecule is O=C(O)c1csc(Nc2ccc(N3CCCCC3)cc2)n1. The number of piperidine rings is 1. The van der Waals surface area contributed by atoms with Crippen molar-refractivity contribution in [2.45, 2.75) is 19.3 Å². The highest BCUT2D eigenvalue weighted by atomic mass is 32.1. The second-order valence-electron chi connectivity index (χ2n) is 5.06. The molecule has 0 unspecified atom stereocenters. The highest BCUT2D eigenvalue weighted by Crippen LogP contribution is 2.25. The van der Waals surface area contributed by atoms with E-state index >= 15 is 0 Å². The zero-order valence-corrected chi connectivity index (χ0v) is 12.4. The molecule has 5 nitrogen and oxygen atoms in total. The Morgan fingerprint density at radius 1 is 1.19 bits per heavy atom. The van der Waals surface area contributed by atoms with Crippen molar-refractivity contribution in [3.63, 3.8) is 0 Å². The number of aromatic carboxylic acids is 1. The lowest BCUT2D eigenvalue weighted by atomic mass is 10.1. The molecule has 2 aromatic rings. The van der Waals surface area contributed by atoms with Crippen LogP contribution in [0.15, 0.2) is 29.6 Å². The summed E-state index contributed by atoms with van der Waals surface area (Å²) in [6, 6.07) is 8.20. The maximum absolute atomic E-state index is 10.8. The van der Waals surface area contributed by atoms with Gasteiger partial charge in [-0.05, 0) is 43.5 Å². The van der Waals surface area contributed by atoms with Crippen molar-refractivity contribution < 1.29 is 9.90 Å². The molecule has 0 bridgehead atoms. The van der Waals surface area contributed by atoms with Crippen LogP contribution in [0.1, 0.15) is 29.8 Å². The molecule has 0 aliphatic carbocycles. The number of thiazole rings is 1. The topological polar surface area (TPSA) is 65.5 Å². The molecule has 1 aromatic heterocycles. The number of hydrogen-bond donors (Lipinski definition) is 2. The molecule has 2 N–H and O–H groups in total. The summed E-state index contributed by atoms with van der Waals surface area (Å²) in [7, 11) is 0. The van der Waals surface area contributed by atoms with E-state index in [-0.39, 0.29) is 5.69 Å². The molecule has 1 aliphatic rings. The molecule has 6 heteroatoms. The summed E-state index contributed by atoms with van der Waals surface area (Å²) in [6.45, 7) is 2.25. The van der Waals surface area contributed by atoms with Gasteiger partial charge in [-0.2, -0.15) is 0 Å². The van der Waals surface area contributed by atoms with Crippen LogP contribution in [0, 0.1) is 0 Å². The number of aromatic nitrogens is 1. The molecule has 1 saturated heterocycles. The molecule has 0 atom stereocenters. The standard InChI is InChI=1S/C15H17N3O2S/c19-14(20)13-10-21-15(17-13)16-11-4-6-12(7-5-11)18-8-2-1-3-9-18/h4-7,10H,1-3,8-9H2,(H,16,17)(H,19,20). The largest absolute Gasteiger partial charge is 0.476 e. The number of nitrogens with zero attached hydrogens (tertiary/aromatic N) is 2. The monoisotopic (exact) mass is 303 g/mol. The molecule has 0 spiro atoms. The Hall–Kier alpha value is -2.08. The first-order chi connectivity index (χ1) is 10.2. The first-order valence-electron chi connectivity index (χ1n) is 7.03. The third kappa shape index (κ3) is 3.33. The molecular formula is C15H17N3O2S. The first-order valence-corrected chi connectivity index (χ1v) is 7.91. The molecule has 0 radical (unpaired) electrons. The average Bonchev–Trinajstić information content (AvgIpc) is 2.98. The van der Waals surface area contributed by atoms with Gasteiger partial charge in [0, 0.05) is 29.8 Å². The predicted molar refractivity (Wildman–Crippen MR) is 84.9 cm³/mol. The van der Waals surface area contributed by atoms with Crippen molar-refractivity contribution in [3.8, 4) is 0 Å². The van der Waals surface area contributed by atoms with Crippen molar-refractivity contribution in [1.82, 2.24) is 4.98 Å². The summed E-state index contributed by atoms with van der Waals surface area (Å²) in [5, 5.41) is 14.1. The van der Waals surface area contributed by atoms with E-state index in [2.05, 4.69) is 27.3 Å². The van der Waals surface area contributed by atoms with Crippen LogP contribution in [0.2, 0.25) is 0 Å². The summed E-state index contributed by atoms with van der Waals surface area (Å²) >= 11 is 1.29. The number of benzene rings is 1. The number of carbonyl (C=O) groups is 1. The summed E-state index contributed by atoms with van der Waals surface area (Å²) in [4.78, 5) is 17.2. The van der Waals surface area contributed by atoms with Gasteiger partial charge in [-0.25, -0.2) is 9.78 Å². The van der Waals surface area contributed by atoms with Gasteiger partial charge in [0.05, 0.1) is 0 Å². The van der Waals surface area contributed by atoms with E-state index in [1.165, 1.54) is 41.7 Å². The van der Waals surface area contributed by atoms with Crippen LogP contribution in [-0.2, 0) is 0 Å². The molecule has 0 saturated carbocycles. The van der Waals surface area contributed by atoms with Gasteiger partial charge in [-0.1, -0.05) is 0 Å². The molecule has 0 amide bonds. The normalized spacial score (nSPS) is 15.0. The third-order valence-electron chi connectivity index (χ3n) is 3.56. The first kappa shape index (κ1) is 13.9. The van der Waals surface area contributed by atoms with Crippen LogP contribution in [-0.4, -0.2) is 29.1 Å². The highest BCUT2D eigenvalue weighted by molar-refractivity contribution is 7.14. The van der Waals surface area contributed by atoms with Crippen molar-refractivity contribution in [1.29, 1.82) is 0 Å². The van der Waals surface area contributed by atoms with Crippen molar-refractivity contribution in [2.24, 2.45) is 0 Å². The van der Waals surface area contributed by atoms with Gasteiger partial charge >= 0.3 is 5.97 Å². The van der Waals surface area contributed by atoms with Crippen molar-refractivity contribution in [3.05, 3.63) is 35.3 Å². The zero-order chi connectivity index (χ0) is 14.7. The zero-order valence-electron chi connectivity index (χ0n) is 11.6. The Labute approximate surface area is 127 Å². The molecule has 110 valence electrons.